The van der Waals surface area contributed by atoms with Crippen molar-refractivity contribution in [2.75, 3.05) is 45.7 Å². The van der Waals surface area contributed by atoms with E-state index in [4.69, 9.17) is 9.47 Å². The van der Waals surface area contributed by atoms with Crippen molar-refractivity contribution in [3.05, 3.63) is 23.8 Å². The third-order valence-electron chi connectivity index (χ3n) is 5.55. The molecule has 9 nitrogen and oxygen atoms in total. The number of amides is 4. The molecule has 0 radical (unpaired) electrons. The number of nitrogens with zero attached hydrogens (tertiary/aromatic N) is 2. The normalized spacial score (nSPS) is 22.2. The van der Waals surface area contributed by atoms with Crippen molar-refractivity contribution in [2.45, 2.75) is 46.3 Å². The van der Waals surface area contributed by atoms with Gasteiger partial charge in [0.2, 0.25) is 5.91 Å². The second-order valence-corrected chi connectivity index (χ2v) is 8.37. The molecule has 0 aromatic heterocycles. The van der Waals surface area contributed by atoms with Crippen molar-refractivity contribution in [3.63, 3.8) is 0 Å². The molecule has 1 aliphatic heterocycles. The Kier molecular flexibility index (Phi) is 9.31. The summed E-state index contributed by atoms with van der Waals surface area (Å²) in [5.74, 6) is -0.0671. The minimum Gasteiger partial charge on any atom is -0.491 e. The zero-order chi connectivity index (χ0) is 23.8. The third kappa shape index (κ3) is 6.59. The fourth-order valence-electron chi connectivity index (χ4n) is 3.67. The number of methoxy groups -OCH3 is 1. The predicted octanol–water partition coefficient (Wildman–Crippen LogP) is 2.57. The van der Waals surface area contributed by atoms with Crippen molar-refractivity contribution in [2.24, 2.45) is 5.92 Å². The molecular weight excluding hydrogens is 412 g/mol. The van der Waals surface area contributed by atoms with Crippen LogP contribution in [-0.2, 0) is 9.53 Å². The van der Waals surface area contributed by atoms with Crippen LogP contribution >= 0.6 is 0 Å². The second-order valence-electron chi connectivity index (χ2n) is 8.37. The molecule has 2 rings (SSSR count). The number of benzene rings is 1. The molecule has 9 heteroatoms. The van der Waals surface area contributed by atoms with Gasteiger partial charge in [-0.25, -0.2) is 4.79 Å². The Bertz CT molecular complexity index is 816. The van der Waals surface area contributed by atoms with Crippen LogP contribution in [0.3, 0.4) is 0 Å². The Labute approximate surface area is 190 Å². The molecule has 0 saturated carbocycles. The van der Waals surface area contributed by atoms with Crippen LogP contribution < -0.4 is 15.4 Å². The molecule has 0 unspecified atom stereocenters. The maximum absolute atomic E-state index is 13.2. The van der Waals surface area contributed by atoms with Gasteiger partial charge in [-0.3, -0.25) is 9.59 Å². The number of fused-ring (bicyclic) bond motifs is 1. The Hall–Kier alpha value is -2.81. The first kappa shape index (κ1) is 25.5. The van der Waals surface area contributed by atoms with Gasteiger partial charge < -0.3 is 29.9 Å². The van der Waals surface area contributed by atoms with E-state index in [0.717, 1.165) is 6.42 Å². The molecule has 0 spiro atoms. The summed E-state index contributed by atoms with van der Waals surface area (Å²) in [6, 6.07) is 4.55. The molecule has 0 fully saturated rings. The number of ether oxygens (including phenoxy) is 2. The van der Waals surface area contributed by atoms with Gasteiger partial charge >= 0.3 is 6.03 Å². The summed E-state index contributed by atoms with van der Waals surface area (Å²) in [4.78, 5) is 40.8. The van der Waals surface area contributed by atoms with Crippen molar-refractivity contribution in [1.82, 2.24) is 15.1 Å². The molecule has 1 heterocycles. The van der Waals surface area contributed by atoms with E-state index in [9.17, 15) is 14.4 Å². The molecule has 32 heavy (non-hydrogen) atoms. The van der Waals surface area contributed by atoms with Gasteiger partial charge in [0, 0.05) is 58.4 Å². The number of anilines is 1. The Balaban J connectivity index is 2.42. The smallest absolute Gasteiger partial charge is 0.317 e. The van der Waals surface area contributed by atoms with Crippen LogP contribution in [0, 0.1) is 5.92 Å². The van der Waals surface area contributed by atoms with Gasteiger partial charge in [-0.1, -0.05) is 13.8 Å². The molecule has 0 bridgehead atoms. The maximum atomic E-state index is 13.2. The van der Waals surface area contributed by atoms with Crippen LogP contribution in [0.2, 0.25) is 0 Å². The molecule has 1 aromatic rings. The number of nitrogens with one attached hydrogen (secondary N) is 2. The lowest BCUT2D eigenvalue weighted by Gasteiger charge is -2.36. The number of hydrogen-bond acceptors (Lipinski definition) is 5. The van der Waals surface area contributed by atoms with Crippen molar-refractivity contribution in [3.8, 4) is 5.75 Å². The van der Waals surface area contributed by atoms with Crippen LogP contribution in [0.1, 0.15) is 44.5 Å². The summed E-state index contributed by atoms with van der Waals surface area (Å²) >= 11 is 0. The van der Waals surface area contributed by atoms with Crippen LogP contribution in [-0.4, -0.2) is 80.2 Å². The molecule has 178 valence electrons. The van der Waals surface area contributed by atoms with E-state index in [1.165, 1.54) is 6.92 Å². The Morgan fingerprint density at radius 3 is 2.59 bits per heavy atom. The summed E-state index contributed by atoms with van der Waals surface area (Å²) < 4.78 is 11.7. The highest BCUT2D eigenvalue weighted by molar-refractivity contribution is 5.98. The molecule has 0 saturated heterocycles. The van der Waals surface area contributed by atoms with Gasteiger partial charge in [-0.2, -0.15) is 0 Å². The molecule has 1 aromatic carbocycles. The van der Waals surface area contributed by atoms with Crippen LogP contribution in [0.4, 0.5) is 10.5 Å². The first-order valence-electron chi connectivity index (χ1n) is 11.0. The monoisotopic (exact) mass is 448 g/mol. The number of carbonyl (C=O) groups excluding carboxylic acids is 3. The quantitative estimate of drug-likeness (QED) is 0.737. The zero-order valence-electron chi connectivity index (χ0n) is 19.9. The van der Waals surface area contributed by atoms with Gasteiger partial charge in [0.15, 0.2) is 0 Å². The first-order chi connectivity index (χ1) is 15.2. The fourth-order valence-corrected chi connectivity index (χ4v) is 3.67. The predicted molar refractivity (Wildman–Crippen MR) is 123 cm³/mol. The van der Waals surface area contributed by atoms with E-state index in [2.05, 4.69) is 10.6 Å². The van der Waals surface area contributed by atoms with E-state index in [-0.39, 0.29) is 42.5 Å². The highest BCUT2D eigenvalue weighted by Gasteiger charge is 2.30. The van der Waals surface area contributed by atoms with Crippen molar-refractivity contribution >= 4 is 23.5 Å². The van der Waals surface area contributed by atoms with Crippen molar-refractivity contribution < 1.29 is 23.9 Å². The number of carbonyl (C=O) groups is 3. The average molecular weight is 449 g/mol. The van der Waals surface area contributed by atoms with E-state index in [1.54, 1.807) is 42.2 Å². The molecule has 4 amide bonds. The van der Waals surface area contributed by atoms with Crippen molar-refractivity contribution in [1.29, 1.82) is 0 Å². The molecule has 0 aliphatic carbocycles. The zero-order valence-corrected chi connectivity index (χ0v) is 19.9. The van der Waals surface area contributed by atoms with Gasteiger partial charge in [-0.05, 0) is 25.5 Å². The lowest BCUT2D eigenvalue weighted by atomic mass is 10.0. The summed E-state index contributed by atoms with van der Waals surface area (Å²) in [7, 11) is 3.33. The lowest BCUT2D eigenvalue weighted by Crippen LogP contribution is -2.51. The number of hydrogen-bond donors (Lipinski definition) is 2. The van der Waals surface area contributed by atoms with Crippen LogP contribution in [0.25, 0.3) is 0 Å². The van der Waals surface area contributed by atoms with E-state index >= 15 is 0 Å². The van der Waals surface area contributed by atoms with Crippen LogP contribution in [0.5, 0.6) is 5.75 Å². The highest BCUT2D eigenvalue weighted by atomic mass is 16.5. The van der Waals surface area contributed by atoms with Gasteiger partial charge in [0.25, 0.3) is 5.91 Å². The molecular formula is C23H36N4O5. The van der Waals surface area contributed by atoms with E-state index in [1.807, 2.05) is 20.8 Å². The largest absolute Gasteiger partial charge is 0.491 e. The third-order valence-corrected chi connectivity index (χ3v) is 5.55. The minimum atomic E-state index is -0.253. The summed E-state index contributed by atoms with van der Waals surface area (Å²) in [5, 5.41) is 5.65. The highest BCUT2D eigenvalue weighted by Crippen LogP contribution is 2.26. The summed E-state index contributed by atoms with van der Waals surface area (Å²) in [6.07, 6.45) is 0.590. The summed E-state index contributed by atoms with van der Waals surface area (Å²) in [6.45, 7) is 8.95. The van der Waals surface area contributed by atoms with Crippen LogP contribution in [0.15, 0.2) is 18.2 Å². The van der Waals surface area contributed by atoms with Gasteiger partial charge in [0.1, 0.15) is 12.4 Å². The first-order valence-corrected chi connectivity index (χ1v) is 11.0. The van der Waals surface area contributed by atoms with E-state index in [0.29, 0.717) is 36.6 Å². The van der Waals surface area contributed by atoms with Gasteiger partial charge in [-0.15, -0.1) is 0 Å². The van der Waals surface area contributed by atoms with Gasteiger partial charge in [0.05, 0.1) is 17.7 Å². The topological polar surface area (TPSA) is 100 Å². The SMILES string of the molecule is CCCNC(=O)N1C[C@H](C)[C@H](OC)CN(C)C(=O)c2ccc(NC(C)=O)cc2OC[C@@H]1C. The Morgan fingerprint density at radius 2 is 1.97 bits per heavy atom. The number of rotatable bonds is 4. The molecule has 1 aliphatic rings. The maximum Gasteiger partial charge on any atom is 0.317 e. The minimum absolute atomic E-state index is 0.00823. The number of likely N-dealkylation sites (N-methyl/N-ethyl adjacent to an activating group) is 1. The lowest BCUT2D eigenvalue weighted by molar-refractivity contribution is -0.114. The average Bonchev–Trinajstić information content (AvgIpc) is 2.75. The molecule has 3 atom stereocenters. The molecule has 2 N–H and O–H groups in total. The Morgan fingerprint density at radius 1 is 1.25 bits per heavy atom. The standard InChI is InChI=1S/C23H36N4O5/c1-7-10-24-23(30)27-12-15(2)21(31-6)13-26(5)22(29)19-9-8-18(25-17(4)28)11-20(19)32-14-16(27)3/h8-9,11,15-16,21H,7,10,12-14H2,1-6H3,(H,24,30)(H,25,28)/t15-,16-,21+/m0/s1. The summed E-state index contributed by atoms with van der Waals surface area (Å²) in [5.41, 5.74) is 0.922. The fraction of sp³-hybridized carbons (Fsp3) is 0.609. The van der Waals surface area contributed by atoms with E-state index < -0.39 is 0 Å². The second kappa shape index (κ2) is 11.7. The number of urea groups is 1.